The molecular weight excluding hydrogens is 454 g/mol. The van der Waals surface area contributed by atoms with Crippen molar-refractivity contribution >= 4 is 5.91 Å². The van der Waals surface area contributed by atoms with Crippen LogP contribution < -0.4 is 4.74 Å². The molecule has 7 heteroatoms. The van der Waals surface area contributed by atoms with Crippen molar-refractivity contribution in [2.24, 2.45) is 0 Å². The van der Waals surface area contributed by atoms with E-state index in [1.54, 1.807) is 0 Å². The first kappa shape index (κ1) is 23.3. The highest BCUT2D eigenvalue weighted by Gasteiger charge is 2.33. The smallest absolute Gasteiger partial charge is 0.258 e. The van der Waals surface area contributed by atoms with Crippen LogP contribution >= 0.6 is 0 Å². The van der Waals surface area contributed by atoms with E-state index in [4.69, 9.17) is 9.47 Å². The zero-order valence-electron chi connectivity index (χ0n) is 20.5. The topological polar surface area (TPSA) is 76.8 Å². The van der Waals surface area contributed by atoms with Crippen molar-refractivity contribution in [3.63, 3.8) is 0 Å². The van der Waals surface area contributed by atoms with E-state index in [0.717, 1.165) is 73.9 Å². The molecule has 3 aromatic rings. The predicted molar refractivity (Wildman–Crippen MR) is 135 cm³/mol. The number of hydrogen-bond donors (Lipinski definition) is 1. The highest BCUT2D eigenvalue weighted by molar-refractivity contribution is 6.01. The van der Waals surface area contributed by atoms with Gasteiger partial charge in [0.1, 0.15) is 11.9 Å². The van der Waals surface area contributed by atoms with Crippen LogP contribution in [0.1, 0.15) is 72.7 Å². The molecule has 1 N–H and O–H groups in total. The number of rotatable bonds is 6. The Kier molecular flexibility index (Phi) is 6.50. The third kappa shape index (κ3) is 4.53. The van der Waals surface area contributed by atoms with Gasteiger partial charge in [-0.2, -0.15) is 5.10 Å². The molecule has 3 atom stereocenters. The molecule has 0 spiro atoms. The molecule has 1 saturated heterocycles. The van der Waals surface area contributed by atoms with Gasteiger partial charge >= 0.3 is 0 Å². The molecule has 0 radical (unpaired) electrons. The summed E-state index contributed by atoms with van der Waals surface area (Å²) in [5.41, 5.74) is 4.83. The fourth-order valence-electron chi connectivity index (χ4n) is 5.68. The van der Waals surface area contributed by atoms with Crippen LogP contribution in [0.15, 0.2) is 54.7 Å². The number of aliphatic hydroxyl groups excluding tert-OH is 1. The Morgan fingerprint density at radius 3 is 2.64 bits per heavy atom. The minimum Gasteiger partial charge on any atom is -0.487 e. The fourth-order valence-corrected chi connectivity index (χ4v) is 5.68. The standard InChI is InChI=1S/C29H33N3O4/c33-24-7-1-2-8-25(24)36-26-9-5-6-22-19-31(29(34)28(22)26)18-20-11-13-21(14-12-20)23-15-16-30-32(23)27-10-3-4-17-35-27/h5-6,9,11-16,24-25,27,33H,1-4,7-8,10,17-19H2/t24-,25-,27?/m0/s1. The number of hydrogen-bond acceptors (Lipinski definition) is 5. The second kappa shape index (κ2) is 10.1. The highest BCUT2D eigenvalue weighted by Crippen LogP contribution is 2.35. The van der Waals surface area contributed by atoms with E-state index in [-0.39, 0.29) is 18.2 Å². The van der Waals surface area contributed by atoms with Crippen LogP contribution in [0.25, 0.3) is 11.3 Å². The summed E-state index contributed by atoms with van der Waals surface area (Å²) in [6.07, 6.45) is 8.00. The van der Waals surface area contributed by atoms with Crippen molar-refractivity contribution in [3.05, 3.63) is 71.4 Å². The Morgan fingerprint density at radius 2 is 1.83 bits per heavy atom. The fraction of sp³-hybridized carbons (Fsp3) is 0.448. The quantitative estimate of drug-likeness (QED) is 0.524. The summed E-state index contributed by atoms with van der Waals surface area (Å²) >= 11 is 0. The van der Waals surface area contributed by atoms with Gasteiger partial charge in [-0.1, -0.05) is 42.8 Å². The largest absolute Gasteiger partial charge is 0.487 e. The zero-order valence-corrected chi connectivity index (χ0v) is 20.5. The molecule has 188 valence electrons. The van der Waals surface area contributed by atoms with Crippen LogP contribution in [-0.4, -0.2) is 44.5 Å². The number of fused-ring (bicyclic) bond motifs is 1. The van der Waals surface area contributed by atoms with Gasteiger partial charge in [-0.25, -0.2) is 4.68 Å². The molecular formula is C29H33N3O4. The maximum absolute atomic E-state index is 13.4. The van der Waals surface area contributed by atoms with Gasteiger partial charge in [0.15, 0.2) is 6.23 Å². The lowest BCUT2D eigenvalue weighted by Gasteiger charge is -2.28. The maximum Gasteiger partial charge on any atom is 0.258 e. The van der Waals surface area contributed by atoms with Crippen molar-refractivity contribution in [1.82, 2.24) is 14.7 Å². The number of aromatic nitrogens is 2. The van der Waals surface area contributed by atoms with Crippen molar-refractivity contribution in [1.29, 1.82) is 0 Å². The Bertz CT molecular complexity index is 1220. The molecule has 1 aromatic heterocycles. The van der Waals surface area contributed by atoms with Crippen molar-refractivity contribution < 1.29 is 19.4 Å². The lowest BCUT2D eigenvalue weighted by atomic mass is 9.94. The average molecular weight is 488 g/mol. The summed E-state index contributed by atoms with van der Waals surface area (Å²) in [7, 11) is 0. The molecule has 1 saturated carbocycles. The van der Waals surface area contributed by atoms with Gasteiger partial charge in [-0.05, 0) is 67.3 Å². The summed E-state index contributed by atoms with van der Waals surface area (Å²) < 4.78 is 14.1. The van der Waals surface area contributed by atoms with E-state index in [1.165, 1.54) is 0 Å². The van der Waals surface area contributed by atoms with Gasteiger partial charge in [0.25, 0.3) is 5.91 Å². The van der Waals surface area contributed by atoms with Crippen molar-refractivity contribution in [2.45, 2.75) is 76.5 Å². The molecule has 7 nitrogen and oxygen atoms in total. The second-order valence-electron chi connectivity index (χ2n) is 10.1. The van der Waals surface area contributed by atoms with Gasteiger partial charge in [-0.15, -0.1) is 0 Å². The lowest BCUT2D eigenvalue weighted by molar-refractivity contribution is -0.0383. The summed E-state index contributed by atoms with van der Waals surface area (Å²) in [5.74, 6) is 0.585. The first-order chi connectivity index (χ1) is 17.7. The van der Waals surface area contributed by atoms with E-state index in [0.29, 0.717) is 24.4 Å². The van der Waals surface area contributed by atoms with Crippen LogP contribution in [0, 0.1) is 0 Å². The van der Waals surface area contributed by atoms with Gasteiger partial charge < -0.3 is 19.5 Å². The molecule has 3 heterocycles. The number of carbonyl (C=O) groups excluding carboxylic acids is 1. The number of ether oxygens (including phenoxy) is 2. The number of benzene rings is 2. The minimum atomic E-state index is -0.471. The second-order valence-corrected chi connectivity index (χ2v) is 10.1. The number of nitrogens with zero attached hydrogens (tertiary/aromatic N) is 3. The van der Waals surface area contributed by atoms with E-state index in [9.17, 15) is 9.90 Å². The molecule has 2 fully saturated rings. The average Bonchev–Trinajstić information content (AvgIpc) is 3.52. The van der Waals surface area contributed by atoms with Crippen LogP contribution in [0.3, 0.4) is 0 Å². The minimum absolute atomic E-state index is 0.00436. The summed E-state index contributed by atoms with van der Waals surface area (Å²) in [4.78, 5) is 15.2. The molecule has 1 unspecified atom stereocenters. The molecule has 3 aliphatic rings. The normalized spacial score (nSPS) is 24.1. The van der Waals surface area contributed by atoms with Gasteiger partial charge in [0.2, 0.25) is 0 Å². The molecule has 0 bridgehead atoms. The third-order valence-electron chi connectivity index (χ3n) is 7.64. The Hall–Kier alpha value is -3.16. The van der Waals surface area contributed by atoms with Crippen LogP contribution in [0.5, 0.6) is 5.75 Å². The molecule has 6 rings (SSSR count). The Balaban J connectivity index is 1.15. The Labute approximate surface area is 211 Å². The summed E-state index contributed by atoms with van der Waals surface area (Å²) in [6, 6.07) is 16.2. The Morgan fingerprint density at radius 1 is 1.00 bits per heavy atom. The van der Waals surface area contributed by atoms with Crippen molar-refractivity contribution in [3.8, 4) is 17.0 Å². The first-order valence-corrected chi connectivity index (χ1v) is 13.2. The van der Waals surface area contributed by atoms with Gasteiger partial charge in [0, 0.05) is 25.9 Å². The zero-order chi connectivity index (χ0) is 24.5. The van der Waals surface area contributed by atoms with E-state index in [2.05, 4.69) is 29.4 Å². The highest BCUT2D eigenvalue weighted by atomic mass is 16.5. The number of carbonyl (C=O) groups is 1. The first-order valence-electron chi connectivity index (χ1n) is 13.2. The lowest BCUT2D eigenvalue weighted by Crippen LogP contribution is -2.35. The van der Waals surface area contributed by atoms with Gasteiger partial charge in [-0.3, -0.25) is 4.79 Å². The monoisotopic (exact) mass is 487 g/mol. The molecule has 1 amide bonds. The predicted octanol–water partition coefficient (Wildman–Crippen LogP) is 5.09. The molecule has 36 heavy (non-hydrogen) atoms. The summed E-state index contributed by atoms with van der Waals surface area (Å²) in [6.45, 7) is 1.87. The van der Waals surface area contributed by atoms with E-state index < -0.39 is 6.10 Å². The van der Waals surface area contributed by atoms with Crippen LogP contribution in [0.4, 0.5) is 0 Å². The number of aliphatic hydroxyl groups is 1. The number of amides is 1. The SMILES string of the molecule is O=C1c2c(cccc2O[C@H]2CCCC[C@@H]2O)CN1Cc1ccc(-c2ccnn2C2CCCCO2)cc1. The van der Waals surface area contributed by atoms with Crippen LogP contribution in [0.2, 0.25) is 0 Å². The maximum atomic E-state index is 13.4. The van der Waals surface area contributed by atoms with E-state index >= 15 is 0 Å². The molecule has 2 aliphatic heterocycles. The molecule has 2 aromatic carbocycles. The summed E-state index contributed by atoms with van der Waals surface area (Å²) in [5, 5.41) is 14.9. The third-order valence-corrected chi connectivity index (χ3v) is 7.64. The van der Waals surface area contributed by atoms with E-state index in [1.807, 2.05) is 40.0 Å². The van der Waals surface area contributed by atoms with Crippen molar-refractivity contribution in [2.75, 3.05) is 6.61 Å². The van der Waals surface area contributed by atoms with Gasteiger partial charge in [0.05, 0.1) is 17.4 Å². The van der Waals surface area contributed by atoms with Crippen LogP contribution in [-0.2, 0) is 17.8 Å². The molecule has 1 aliphatic carbocycles.